The van der Waals surface area contributed by atoms with Crippen molar-refractivity contribution in [3.05, 3.63) is 58.7 Å². The number of rotatable bonds is 2. The Morgan fingerprint density at radius 2 is 1.67 bits per heavy atom. The Morgan fingerprint density at radius 1 is 0.952 bits per heavy atom. The fourth-order valence-electron chi connectivity index (χ4n) is 2.58. The van der Waals surface area contributed by atoms with Gasteiger partial charge >= 0.3 is 0 Å². The zero-order valence-electron chi connectivity index (χ0n) is 12.1. The molecule has 0 spiro atoms. The molecule has 0 saturated heterocycles. The molecule has 0 saturated carbocycles. The van der Waals surface area contributed by atoms with Crippen molar-refractivity contribution < 1.29 is 8.42 Å². The van der Waals surface area contributed by atoms with E-state index < -0.39 is 10.0 Å². The highest BCUT2D eigenvalue weighted by Crippen LogP contribution is 2.30. The standard InChI is InChI=1S/C16H18N2O2S/c1-11-3-6-16(7-12(11)2)21(19,20)18-9-13-4-5-15(17)8-14(13)10-18/h3-8H,9-10,17H2,1-2H3. The third-order valence-electron chi connectivity index (χ3n) is 4.04. The van der Waals surface area contributed by atoms with Crippen LogP contribution in [0.4, 0.5) is 5.69 Å². The molecule has 5 heteroatoms. The molecule has 0 aromatic heterocycles. The molecule has 110 valence electrons. The van der Waals surface area contributed by atoms with Crippen LogP contribution in [0.25, 0.3) is 0 Å². The molecule has 0 aliphatic carbocycles. The average molecular weight is 302 g/mol. The minimum absolute atomic E-state index is 0.353. The Labute approximate surface area is 125 Å². The molecule has 1 aliphatic heterocycles. The van der Waals surface area contributed by atoms with Gasteiger partial charge in [-0.15, -0.1) is 0 Å². The Morgan fingerprint density at radius 3 is 2.38 bits per heavy atom. The Kier molecular flexibility index (Phi) is 3.26. The molecule has 3 rings (SSSR count). The van der Waals surface area contributed by atoms with Crippen LogP contribution >= 0.6 is 0 Å². The highest BCUT2D eigenvalue weighted by molar-refractivity contribution is 7.89. The van der Waals surface area contributed by atoms with Gasteiger partial charge in [0.15, 0.2) is 0 Å². The number of hydrogen-bond donors (Lipinski definition) is 1. The largest absolute Gasteiger partial charge is 0.399 e. The van der Waals surface area contributed by atoms with E-state index in [1.165, 1.54) is 4.31 Å². The first kappa shape index (κ1) is 14.1. The summed E-state index contributed by atoms with van der Waals surface area (Å²) in [5, 5.41) is 0. The van der Waals surface area contributed by atoms with Crippen LogP contribution in [0.2, 0.25) is 0 Å². The molecule has 1 aliphatic rings. The topological polar surface area (TPSA) is 63.4 Å². The Balaban J connectivity index is 1.96. The van der Waals surface area contributed by atoms with Crippen LogP contribution < -0.4 is 5.73 Å². The number of aryl methyl sites for hydroxylation is 2. The van der Waals surface area contributed by atoms with E-state index in [2.05, 4.69) is 0 Å². The van der Waals surface area contributed by atoms with Gasteiger partial charge in [-0.2, -0.15) is 4.31 Å². The Bertz CT molecular complexity index is 813. The maximum atomic E-state index is 12.7. The van der Waals surface area contributed by atoms with E-state index in [0.717, 1.165) is 22.3 Å². The number of nitrogens with two attached hydrogens (primary N) is 1. The first-order valence-electron chi connectivity index (χ1n) is 6.82. The molecular weight excluding hydrogens is 284 g/mol. The van der Waals surface area contributed by atoms with Crippen molar-refractivity contribution in [2.45, 2.75) is 31.8 Å². The highest BCUT2D eigenvalue weighted by atomic mass is 32.2. The third-order valence-corrected chi connectivity index (χ3v) is 5.83. The minimum atomic E-state index is -3.47. The van der Waals surface area contributed by atoms with Crippen molar-refractivity contribution in [1.82, 2.24) is 4.31 Å². The second-order valence-electron chi connectivity index (χ2n) is 5.55. The van der Waals surface area contributed by atoms with Crippen LogP contribution in [0.5, 0.6) is 0 Å². The normalized spacial score (nSPS) is 15.1. The lowest BCUT2D eigenvalue weighted by Gasteiger charge is -2.16. The molecule has 2 aromatic carbocycles. The van der Waals surface area contributed by atoms with Gasteiger partial charge in [-0.05, 0) is 60.4 Å². The summed E-state index contributed by atoms with van der Waals surface area (Å²) in [6, 6.07) is 10.8. The molecule has 0 atom stereocenters. The number of fused-ring (bicyclic) bond motifs is 1. The van der Waals surface area contributed by atoms with Crippen LogP contribution in [0.15, 0.2) is 41.3 Å². The summed E-state index contributed by atoms with van der Waals surface area (Å²) in [5.41, 5.74) is 10.5. The lowest BCUT2D eigenvalue weighted by molar-refractivity contribution is 0.431. The lowest BCUT2D eigenvalue weighted by atomic mass is 10.1. The van der Waals surface area contributed by atoms with E-state index in [4.69, 9.17) is 5.73 Å². The Hall–Kier alpha value is -1.85. The summed E-state index contributed by atoms with van der Waals surface area (Å²) in [7, 11) is -3.47. The van der Waals surface area contributed by atoms with E-state index in [9.17, 15) is 8.42 Å². The SMILES string of the molecule is Cc1ccc(S(=O)(=O)N2Cc3ccc(N)cc3C2)cc1C. The number of benzene rings is 2. The summed E-state index contributed by atoms with van der Waals surface area (Å²) in [6.07, 6.45) is 0. The van der Waals surface area contributed by atoms with E-state index in [1.807, 2.05) is 38.1 Å². The summed E-state index contributed by atoms with van der Waals surface area (Å²) < 4.78 is 27.0. The number of nitrogens with zero attached hydrogens (tertiary/aromatic N) is 1. The van der Waals surface area contributed by atoms with Gasteiger partial charge in [0.05, 0.1) is 4.90 Å². The van der Waals surface area contributed by atoms with Gasteiger partial charge in [0.25, 0.3) is 0 Å². The van der Waals surface area contributed by atoms with E-state index in [0.29, 0.717) is 23.7 Å². The van der Waals surface area contributed by atoms with Crippen molar-refractivity contribution >= 4 is 15.7 Å². The number of nitrogen functional groups attached to an aromatic ring is 1. The maximum absolute atomic E-state index is 12.7. The van der Waals surface area contributed by atoms with Crippen LogP contribution in [0.3, 0.4) is 0 Å². The van der Waals surface area contributed by atoms with Crippen molar-refractivity contribution in [2.75, 3.05) is 5.73 Å². The molecule has 0 radical (unpaired) electrons. The molecular formula is C16H18N2O2S. The van der Waals surface area contributed by atoms with Gasteiger partial charge in [-0.3, -0.25) is 0 Å². The predicted molar refractivity (Wildman–Crippen MR) is 83.2 cm³/mol. The number of sulfonamides is 1. The van der Waals surface area contributed by atoms with Crippen LogP contribution in [0.1, 0.15) is 22.3 Å². The molecule has 0 amide bonds. The third kappa shape index (κ3) is 2.43. The maximum Gasteiger partial charge on any atom is 0.243 e. The molecule has 0 fully saturated rings. The fraction of sp³-hybridized carbons (Fsp3) is 0.250. The molecule has 4 nitrogen and oxygen atoms in total. The summed E-state index contributed by atoms with van der Waals surface area (Å²) >= 11 is 0. The molecule has 0 bridgehead atoms. The summed E-state index contributed by atoms with van der Waals surface area (Å²) in [4.78, 5) is 0.353. The first-order chi connectivity index (χ1) is 9.88. The van der Waals surface area contributed by atoms with Crippen molar-refractivity contribution in [1.29, 1.82) is 0 Å². The highest BCUT2D eigenvalue weighted by Gasteiger charge is 2.30. The van der Waals surface area contributed by atoms with Crippen molar-refractivity contribution in [3.8, 4) is 0 Å². The number of hydrogen-bond acceptors (Lipinski definition) is 3. The summed E-state index contributed by atoms with van der Waals surface area (Å²) in [5.74, 6) is 0. The first-order valence-corrected chi connectivity index (χ1v) is 8.26. The van der Waals surface area contributed by atoms with E-state index >= 15 is 0 Å². The fourth-order valence-corrected chi connectivity index (χ4v) is 4.06. The molecule has 0 unspecified atom stereocenters. The predicted octanol–water partition coefficient (Wildman–Crippen LogP) is 2.59. The van der Waals surface area contributed by atoms with Crippen LogP contribution in [-0.2, 0) is 23.1 Å². The van der Waals surface area contributed by atoms with Crippen LogP contribution in [0, 0.1) is 13.8 Å². The molecule has 1 heterocycles. The van der Waals surface area contributed by atoms with Crippen molar-refractivity contribution in [2.24, 2.45) is 0 Å². The van der Waals surface area contributed by atoms with Gasteiger partial charge in [-0.25, -0.2) is 8.42 Å². The smallest absolute Gasteiger partial charge is 0.243 e. The quantitative estimate of drug-likeness (QED) is 0.867. The number of anilines is 1. The monoisotopic (exact) mass is 302 g/mol. The van der Waals surface area contributed by atoms with Gasteiger partial charge in [0.1, 0.15) is 0 Å². The minimum Gasteiger partial charge on any atom is -0.399 e. The average Bonchev–Trinajstić information content (AvgIpc) is 2.85. The van der Waals surface area contributed by atoms with Gasteiger partial charge in [0, 0.05) is 18.8 Å². The van der Waals surface area contributed by atoms with Gasteiger partial charge in [0.2, 0.25) is 10.0 Å². The van der Waals surface area contributed by atoms with E-state index in [1.54, 1.807) is 12.1 Å². The lowest BCUT2D eigenvalue weighted by Crippen LogP contribution is -2.25. The zero-order valence-corrected chi connectivity index (χ0v) is 12.9. The second kappa shape index (κ2) is 4.86. The van der Waals surface area contributed by atoms with E-state index in [-0.39, 0.29) is 0 Å². The molecule has 2 N–H and O–H groups in total. The van der Waals surface area contributed by atoms with Crippen molar-refractivity contribution in [3.63, 3.8) is 0 Å². The second-order valence-corrected chi connectivity index (χ2v) is 7.49. The van der Waals surface area contributed by atoms with Gasteiger partial charge < -0.3 is 5.73 Å². The zero-order chi connectivity index (χ0) is 15.2. The molecule has 21 heavy (non-hydrogen) atoms. The van der Waals surface area contributed by atoms with Gasteiger partial charge in [-0.1, -0.05) is 12.1 Å². The van der Waals surface area contributed by atoms with Crippen LogP contribution in [-0.4, -0.2) is 12.7 Å². The molecule has 2 aromatic rings. The summed E-state index contributed by atoms with van der Waals surface area (Å²) in [6.45, 7) is 4.69.